The third-order valence-corrected chi connectivity index (χ3v) is 4.05. The number of esters is 1. The molecule has 0 unspecified atom stereocenters. The molecule has 1 N–H and O–H groups in total. The van der Waals surface area contributed by atoms with Crippen molar-refractivity contribution >= 4 is 23.3 Å². The average molecular weight is 326 g/mol. The lowest BCUT2D eigenvalue weighted by molar-refractivity contribution is -0.147. The van der Waals surface area contributed by atoms with E-state index in [1.165, 1.54) is 0 Å². The van der Waals surface area contributed by atoms with Gasteiger partial charge in [-0.3, -0.25) is 14.4 Å². The Bertz CT molecular complexity index is 750. The van der Waals surface area contributed by atoms with Gasteiger partial charge in [-0.25, -0.2) is 0 Å². The van der Waals surface area contributed by atoms with Crippen molar-refractivity contribution in [3.63, 3.8) is 0 Å². The van der Waals surface area contributed by atoms with E-state index in [-0.39, 0.29) is 31.3 Å². The molecule has 1 atom stereocenters. The number of nitrogens with one attached hydrogen (secondary N) is 1. The molecule has 1 aliphatic rings. The Balaban J connectivity index is 1.58. The standard InChI is InChI=1S/C18H18N2O4/c1-12-4-6-14(7-5-12)20-10-13(9-17(20)22)18(23)24-11-16(21)15-3-2-8-19-15/h2-8,13,19H,9-11H2,1H3/t13-/m0/s1. The first-order chi connectivity index (χ1) is 11.5. The van der Waals surface area contributed by atoms with Crippen LogP contribution in [0.4, 0.5) is 5.69 Å². The van der Waals surface area contributed by atoms with Crippen molar-refractivity contribution in [3.05, 3.63) is 53.9 Å². The largest absolute Gasteiger partial charge is 0.457 e. The summed E-state index contributed by atoms with van der Waals surface area (Å²) in [4.78, 5) is 40.4. The Morgan fingerprint density at radius 1 is 1.25 bits per heavy atom. The highest BCUT2D eigenvalue weighted by molar-refractivity contribution is 6.00. The molecule has 1 amide bonds. The summed E-state index contributed by atoms with van der Waals surface area (Å²) < 4.78 is 5.08. The number of anilines is 1. The average Bonchev–Trinajstić information content (AvgIpc) is 3.23. The van der Waals surface area contributed by atoms with Crippen LogP contribution >= 0.6 is 0 Å². The number of nitrogens with zero attached hydrogens (tertiary/aromatic N) is 1. The number of aromatic amines is 1. The van der Waals surface area contributed by atoms with Crippen molar-refractivity contribution in [1.29, 1.82) is 0 Å². The third kappa shape index (κ3) is 3.37. The molecule has 0 aliphatic carbocycles. The highest BCUT2D eigenvalue weighted by atomic mass is 16.5. The zero-order valence-corrected chi connectivity index (χ0v) is 13.3. The maximum atomic E-state index is 12.1. The lowest BCUT2D eigenvalue weighted by Crippen LogP contribution is -2.27. The molecule has 124 valence electrons. The van der Waals surface area contributed by atoms with Crippen LogP contribution in [0, 0.1) is 12.8 Å². The number of carbonyl (C=O) groups is 3. The number of ketones is 1. The number of carbonyl (C=O) groups excluding carboxylic acids is 3. The molecule has 1 aliphatic heterocycles. The molecule has 1 saturated heterocycles. The normalized spacial score (nSPS) is 17.1. The van der Waals surface area contributed by atoms with Crippen LogP contribution in [0.1, 0.15) is 22.5 Å². The predicted molar refractivity (Wildman–Crippen MR) is 87.7 cm³/mol. The van der Waals surface area contributed by atoms with Crippen LogP contribution in [0.2, 0.25) is 0 Å². The molecular weight excluding hydrogens is 308 g/mol. The van der Waals surface area contributed by atoms with Crippen LogP contribution in [0.25, 0.3) is 0 Å². The fraction of sp³-hybridized carbons (Fsp3) is 0.278. The summed E-state index contributed by atoms with van der Waals surface area (Å²) in [5.74, 6) is -1.47. The maximum Gasteiger partial charge on any atom is 0.311 e. The first-order valence-corrected chi connectivity index (χ1v) is 7.75. The van der Waals surface area contributed by atoms with Gasteiger partial charge in [-0.1, -0.05) is 17.7 Å². The molecule has 6 nitrogen and oxygen atoms in total. The summed E-state index contributed by atoms with van der Waals surface area (Å²) in [5.41, 5.74) is 2.26. The molecule has 0 bridgehead atoms. The molecule has 1 aromatic carbocycles. The van der Waals surface area contributed by atoms with E-state index in [4.69, 9.17) is 4.74 Å². The fourth-order valence-corrected chi connectivity index (χ4v) is 2.68. The topological polar surface area (TPSA) is 79.5 Å². The van der Waals surface area contributed by atoms with E-state index in [0.29, 0.717) is 5.69 Å². The van der Waals surface area contributed by atoms with Gasteiger partial charge in [0.05, 0.1) is 11.6 Å². The van der Waals surface area contributed by atoms with E-state index in [1.54, 1.807) is 23.2 Å². The van der Waals surface area contributed by atoms with Crippen molar-refractivity contribution in [1.82, 2.24) is 4.98 Å². The number of hydrogen-bond donors (Lipinski definition) is 1. The first kappa shape index (κ1) is 16.0. The van der Waals surface area contributed by atoms with Gasteiger partial charge in [-0.15, -0.1) is 0 Å². The van der Waals surface area contributed by atoms with E-state index < -0.39 is 11.9 Å². The van der Waals surface area contributed by atoms with E-state index in [0.717, 1.165) is 11.3 Å². The second-order valence-corrected chi connectivity index (χ2v) is 5.86. The van der Waals surface area contributed by atoms with Gasteiger partial charge >= 0.3 is 5.97 Å². The molecule has 2 aromatic rings. The lowest BCUT2D eigenvalue weighted by atomic mass is 10.1. The van der Waals surface area contributed by atoms with Crippen LogP contribution in [-0.4, -0.2) is 35.8 Å². The SMILES string of the molecule is Cc1ccc(N2C[C@@H](C(=O)OCC(=O)c3ccc[nH]3)CC2=O)cc1. The smallest absolute Gasteiger partial charge is 0.311 e. The van der Waals surface area contributed by atoms with Crippen LogP contribution in [0.3, 0.4) is 0 Å². The summed E-state index contributed by atoms with van der Waals surface area (Å²) in [6.07, 6.45) is 1.73. The Kier molecular flexibility index (Phi) is 4.46. The number of ether oxygens (including phenoxy) is 1. The summed E-state index contributed by atoms with van der Waals surface area (Å²) in [5, 5.41) is 0. The molecule has 24 heavy (non-hydrogen) atoms. The van der Waals surface area contributed by atoms with E-state index >= 15 is 0 Å². The van der Waals surface area contributed by atoms with Gasteiger partial charge in [0.2, 0.25) is 11.7 Å². The number of amides is 1. The summed E-state index contributed by atoms with van der Waals surface area (Å²) in [6, 6.07) is 10.9. The first-order valence-electron chi connectivity index (χ1n) is 7.75. The molecule has 0 saturated carbocycles. The number of aromatic nitrogens is 1. The number of rotatable bonds is 5. The Morgan fingerprint density at radius 2 is 2.00 bits per heavy atom. The van der Waals surface area contributed by atoms with Crippen molar-refractivity contribution in [3.8, 4) is 0 Å². The molecule has 1 fully saturated rings. The highest BCUT2D eigenvalue weighted by Crippen LogP contribution is 2.26. The number of aryl methyl sites for hydroxylation is 1. The van der Waals surface area contributed by atoms with Gasteiger partial charge in [0.15, 0.2) is 6.61 Å². The molecule has 2 heterocycles. The minimum Gasteiger partial charge on any atom is -0.457 e. The van der Waals surface area contributed by atoms with Gasteiger partial charge in [-0.2, -0.15) is 0 Å². The number of H-pyrrole nitrogens is 1. The van der Waals surface area contributed by atoms with E-state index in [2.05, 4.69) is 4.98 Å². The molecule has 3 rings (SSSR count). The van der Waals surface area contributed by atoms with Crippen molar-refractivity contribution < 1.29 is 19.1 Å². The third-order valence-electron chi connectivity index (χ3n) is 4.05. The summed E-state index contributed by atoms with van der Waals surface area (Å²) in [7, 11) is 0. The fourth-order valence-electron chi connectivity index (χ4n) is 2.68. The Labute approximate surface area is 139 Å². The van der Waals surface area contributed by atoms with Gasteiger partial charge in [-0.05, 0) is 31.2 Å². The minimum absolute atomic E-state index is 0.101. The zero-order valence-electron chi connectivity index (χ0n) is 13.3. The Morgan fingerprint density at radius 3 is 2.67 bits per heavy atom. The van der Waals surface area contributed by atoms with Gasteiger partial charge in [0, 0.05) is 24.8 Å². The van der Waals surface area contributed by atoms with Crippen molar-refractivity contribution in [2.75, 3.05) is 18.1 Å². The predicted octanol–water partition coefficient (Wildman–Crippen LogP) is 2.10. The van der Waals surface area contributed by atoms with E-state index in [1.807, 2.05) is 31.2 Å². The second-order valence-electron chi connectivity index (χ2n) is 5.86. The zero-order chi connectivity index (χ0) is 17.1. The van der Waals surface area contributed by atoms with Crippen LogP contribution < -0.4 is 4.90 Å². The molecule has 0 radical (unpaired) electrons. The van der Waals surface area contributed by atoms with Gasteiger partial charge < -0.3 is 14.6 Å². The molecule has 0 spiro atoms. The van der Waals surface area contributed by atoms with Crippen LogP contribution in [0.5, 0.6) is 0 Å². The van der Waals surface area contributed by atoms with Crippen molar-refractivity contribution in [2.45, 2.75) is 13.3 Å². The Hall–Kier alpha value is -2.89. The summed E-state index contributed by atoms with van der Waals surface area (Å²) in [6.45, 7) is 1.92. The van der Waals surface area contributed by atoms with Crippen molar-refractivity contribution in [2.24, 2.45) is 5.92 Å². The summed E-state index contributed by atoms with van der Waals surface area (Å²) >= 11 is 0. The number of benzene rings is 1. The number of Topliss-reactive ketones (excluding diaryl/α,β-unsaturated/α-hetero) is 1. The minimum atomic E-state index is -0.546. The monoisotopic (exact) mass is 326 g/mol. The van der Waals surface area contributed by atoms with Gasteiger partial charge in [0.25, 0.3) is 0 Å². The van der Waals surface area contributed by atoms with E-state index in [9.17, 15) is 14.4 Å². The van der Waals surface area contributed by atoms with Crippen LogP contribution in [-0.2, 0) is 14.3 Å². The molecular formula is C18H18N2O4. The maximum absolute atomic E-state index is 12.1. The molecule has 6 heteroatoms. The lowest BCUT2D eigenvalue weighted by Gasteiger charge is -2.16. The number of hydrogen-bond acceptors (Lipinski definition) is 4. The molecule has 1 aromatic heterocycles. The van der Waals surface area contributed by atoms with Crippen LogP contribution in [0.15, 0.2) is 42.6 Å². The quantitative estimate of drug-likeness (QED) is 0.674. The van der Waals surface area contributed by atoms with Gasteiger partial charge in [0.1, 0.15) is 0 Å². The second kappa shape index (κ2) is 6.70. The highest BCUT2D eigenvalue weighted by Gasteiger charge is 2.36.